The summed E-state index contributed by atoms with van der Waals surface area (Å²) >= 11 is 0. The number of hydrogen-bond acceptors (Lipinski definition) is 9. The molecule has 9 nitrogen and oxygen atoms in total. The van der Waals surface area contributed by atoms with Crippen molar-refractivity contribution in [2.24, 2.45) is 23.2 Å². The zero-order valence-corrected chi connectivity index (χ0v) is 27.1. The normalized spacial score (nSPS) is 39.1. The number of carbonyl (C=O) groups excluding carboxylic acids is 1. The summed E-state index contributed by atoms with van der Waals surface area (Å²) in [5.41, 5.74) is -4.23. The lowest BCUT2D eigenvalue weighted by atomic mass is 9.42. The smallest absolute Gasteiger partial charge is 0.335 e. The van der Waals surface area contributed by atoms with E-state index in [-0.39, 0.29) is 49.8 Å². The van der Waals surface area contributed by atoms with E-state index in [0.29, 0.717) is 44.9 Å². The SMILES string of the molecule is CC12CC(CO)C3C(CCC4(O)CC(OC(=O)CCCCCCCCCCCO)CCC34O)C1(O)CCC2c1ccc(=O)oc1. The number of rotatable bonds is 14. The van der Waals surface area contributed by atoms with Crippen molar-refractivity contribution in [2.45, 2.75) is 151 Å². The van der Waals surface area contributed by atoms with Crippen molar-refractivity contribution in [3.8, 4) is 0 Å². The highest BCUT2D eigenvalue weighted by Crippen LogP contribution is 2.70. The van der Waals surface area contributed by atoms with Gasteiger partial charge >= 0.3 is 11.6 Å². The molecule has 9 heteroatoms. The number of aliphatic hydroxyl groups is 5. The second-order valence-electron chi connectivity index (χ2n) is 15.1. The van der Waals surface area contributed by atoms with E-state index in [1.807, 2.05) is 0 Å². The molecule has 1 aromatic rings. The zero-order chi connectivity index (χ0) is 32.3. The van der Waals surface area contributed by atoms with Crippen LogP contribution in [0.1, 0.15) is 134 Å². The Morgan fingerprint density at radius 3 is 2.18 bits per heavy atom. The molecule has 0 radical (unpaired) electrons. The highest BCUT2D eigenvalue weighted by atomic mass is 16.5. The van der Waals surface area contributed by atoms with E-state index in [0.717, 1.165) is 50.5 Å². The molecule has 4 saturated carbocycles. The van der Waals surface area contributed by atoms with Crippen molar-refractivity contribution >= 4 is 5.97 Å². The summed E-state index contributed by atoms with van der Waals surface area (Å²) in [5, 5.41) is 56.4. The molecule has 9 atom stereocenters. The van der Waals surface area contributed by atoms with Gasteiger partial charge in [0.05, 0.1) is 23.1 Å². The minimum atomic E-state index is -1.50. The fraction of sp³-hybridized carbons (Fsp3) is 0.833. The predicted molar refractivity (Wildman–Crippen MR) is 168 cm³/mol. The third-order valence-electron chi connectivity index (χ3n) is 12.6. The van der Waals surface area contributed by atoms with Crippen molar-refractivity contribution in [2.75, 3.05) is 13.2 Å². The van der Waals surface area contributed by atoms with Gasteiger partial charge in [-0.2, -0.15) is 0 Å². The average molecular weight is 633 g/mol. The zero-order valence-electron chi connectivity index (χ0n) is 27.1. The Balaban J connectivity index is 1.18. The summed E-state index contributed by atoms with van der Waals surface area (Å²) in [6, 6.07) is 3.18. The van der Waals surface area contributed by atoms with E-state index in [4.69, 9.17) is 14.3 Å². The van der Waals surface area contributed by atoms with Crippen LogP contribution in [0.25, 0.3) is 0 Å². The number of aliphatic hydroxyl groups excluding tert-OH is 2. The summed E-state index contributed by atoms with van der Waals surface area (Å²) < 4.78 is 11.0. The molecule has 0 aromatic carbocycles. The second kappa shape index (κ2) is 14.1. The van der Waals surface area contributed by atoms with E-state index in [2.05, 4.69) is 6.92 Å². The van der Waals surface area contributed by atoms with E-state index >= 15 is 0 Å². The number of ether oxygens (including phenoxy) is 1. The molecule has 45 heavy (non-hydrogen) atoms. The minimum Gasteiger partial charge on any atom is -0.462 e. The molecule has 0 aliphatic heterocycles. The maximum Gasteiger partial charge on any atom is 0.335 e. The van der Waals surface area contributed by atoms with E-state index in [1.54, 1.807) is 6.07 Å². The molecule has 0 spiro atoms. The van der Waals surface area contributed by atoms with E-state index in [1.165, 1.54) is 25.2 Å². The topological polar surface area (TPSA) is 158 Å². The Morgan fingerprint density at radius 1 is 0.867 bits per heavy atom. The highest BCUT2D eigenvalue weighted by Gasteiger charge is 2.73. The number of fused-ring (bicyclic) bond motifs is 5. The van der Waals surface area contributed by atoms with Crippen LogP contribution >= 0.6 is 0 Å². The third-order valence-corrected chi connectivity index (χ3v) is 12.6. The first kappa shape index (κ1) is 34.6. The van der Waals surface area contributed by atoms with Gasteiger partial charge in [0, 0.05) is 43.5 Å². The van der Waals surface area contributed by atoms with Crippen LogP contribution in [-0.2, 0) is 9.53 Å². The van der Waals surface area contributed by atoms with Crippen LogP contribution in [0.5, 0.6) is 0 Å². The van der Waals surface area contributed by atoms with E-state index in [9.17, 15) is 30.0 Å². The van der Waals surface area contributed by atoms with Gasteiger partial charge < -0.3 is 34.7 Å². The molecule has 4 aliphatic carbocycles. The summed E-state index contributed by atoms with van der Waals surface area (Å²) in [6.07, 6.45) is 14.2. The Kier molecular flexibility index (Phi) is 10.9. The molecular weight excluding hydrogens is 576 g/mol. The van der Waals surface area contributed by atoms with Gasteiger partial charge in [-0.15, -0.1) is 0 Å². The van der Waals surface area contributed by atoms with Gasteiger partial charge in [-0.05, 0) is 87.2 Å². The monoisotopic (exact) mass is 632 g/mol. The largest absolute Gasteiger partial charge is 0.462 e. The van der Waals surface area contributed by atoms with Crippen LogP contribution in [0.4, 0.5) is 0 Å². The lowest BCUT2D eigenvalue weighted by molar-refractivity contribution is -0.303. The number of carbonyl (C=O) groups is 1. The van der Waals surface area contributed by atoms with Gasteiger partial charge in [0.1, 0.15) is 6.10 Å². The Labute approximate surface area is 267 Å². The molecule has 5 rings (SSSR count). The number of hydrogen-bond donors (Lipinski definition) is 5. The lowest BCUT2D eigenvalue weighted by Gasteiger charge is -2.66. The minimum absolute atomic E-state index is 0.0603. The fourth-order valence-corrected chi connectivity index (χ4v) is 10.3. The van der Waals surface area contributed by atoms with Gasteiger partial charge in [0.25, 0.3) is 0 Å². The molecule has 254 valence electrons. The maximum absolute atomic E-state index is 12.7. The first-order valence-corrected chi connectivity index (χ1v) is 17.7. The van der Waals surface area contributed by atoms with Crippen LogP contribution in [0.15, 0.2) is 27.6 Å². The molecule has 1 aromatic heterocycles. The summed E-state index contributed by atoms with van der Waals surface area (Å²) in [5.74, 6) is -1.43. The van der Waals surface area contributed by atoms with Crippen LogP contribution in [0.2, 0.25) is 0 Å². The fourth-order valence-electron chi connectivity index (χ4n) is 10.3. The Hall–Kier alpha value is -1.78. The number of unbranched alkanes of at least 4 members (excludes halogenated alkanes) is 8. The van der Waals surface area contributed by atoms with Crippen LogP contribution in [0.3, 0.4) is 0 Å². The van der Waals surface area contributed by atoms with Gasteiger partial charge in [-0.25, -0.2) is 4.79 Å². The van der Waals surface area contributed by atoms with Crippen molar-refractivity contribution in [3.05, 3.63) is 34.4 Å². The molecule has 5 N–H and O–H groups in total. The van der Waals surface area contributed by atoms with Crippen LogP contribution in [-0.4, -0.2) is 67.6 Å². The summed E-state index contributed by atoms with van der Waals surface area (Å²) in [7, 11) is 0. The Morgan fingerprint density at radius 2 is 1.53 bits per heavy atom. The molecule has 0 bridgehead atoms. The Bertz CT molecular complexity index is 1180. The highest BCUT2D eigenvalue weighted by molar-refractivity contribution is 5.69. The molecule has 0 amide bonds. The molecule has 0 saturated heterocycles. The van der Waals surface area contributed by atoms with Gasteiger partial charge in [-0.1, -0.05) is 51.9 Å². The molecule has 1 heterocycles. The third kappa shape index (κ3) is 6.54. The molecule has 4 aliphatic rings. The summed E-state index contributed by atoms with van der Waals surface area (Å²) in [6.45, 7) is 2.17. The molecule has 9 unspecified atom stereocenters. The van der Waals surface area contributed by atoms with Gasteiger partial charge in [0.15, 0.2) is 0 Å². The molecular formula is C36H56O9. The first-order chi connectivity index (χ1) is 21.5. The van der Waals surface area contributed by atoms with Crippen molar-refractivity contribution < 1.29 is 39.5 Å². The molecule has 4 fully saturated rings. The lowest BCUT2D eigenvalue weighted by Crippen LogP contribution is -2.73. The van der Waals surface area contributed by atoms with Gasteiger partial charge in [0.2, 0.25) is 0 Å². The predicted octanol–water partition coefficient (Wildman–Crippen LogP) is 4.74. The maximum atomic E-state index is 12.7. The van der Waals surface area contributed by atoms with Gasteiger partial charge in [-0.3, -0.25) is 4.79 Å². The van der Waals surface area contributed by atoms with Crippen LogP contribution in [0, 0.1) is 23.2 Å². The standard InChI is InChI=1S/C36H56O9/c1-33-21-26(23-38)32-29(35(33,42)19-16-28(33)25-12-13-30(39)44-24-25)15-17-34(41)22-27(14-18-36(32,34)43)45-31(40)11-9-7-5-3-2-4-6-8-10-20-37/h12-13,24,26-29,32,37-38,41-43H,2-11,14-23H2,1H3. The average Bonchev–Trinajstić information content (AvgIpc) is 3.29. The van der Waals surface area contributed by atoms with Crippen LogP contribution < -0.4 is 5.63 Å². The van der Waals surface area contributed by atoms with Crippen molar-refractivity contribution in [3.63, 3.8) is 0 Å². The van der Waals surface area contributed by atoms with E-state index < -0.39 is 39.9 Å². The van der Waals surface area contributed by atoms with Crippen molar-refractivity contribution in [1.29, 1.82) is 0 Å². The first-order valence-electron chi connectivity index (χ1n) is 17.7. The quantitative estimate of drug-likeness (QED) is 0.144. The summed E-state index contributed by atoms with van der Waals surface area (Å²) in [4.78, 5) is 24.3. The number of esters is 1. The second-order valence-corrected chi connectivity index (χ2v) is 15.1. The van der Waals surface area contributed by atoms with Crippen molar-refractivity contribution in [1.82, 2.24) is 0 Å².